The number of carbonyl (C=O) groups is 1. The summed E-state index contributed by atoms with van der Waals surface area (Å²) in [7, 11) is 1.48. The number of methoxy groups -OCH3 is 1. The number of halogens is 1. The van der Waals surface area contributed by atoms with Gasteiger partial charge in [-0.1, -0.05) is 37.3 Å². The Balaban J connectivity index is 1.83. The maximum Gasteiger partial charge on any atom is 0.269 e. The second-order valence-corrected chi connectivity index (χ2v) is 8.55. The molecule has 0 spiro atoms. The summed E-state index contributed by atoms with van der Waals surface area (Å²) in [6.45, 7) is 2.09. The van der Waals surface area contributed by atoms with Crippen molar-refractivity contribution in [1.82, 2.24) is 0 Å². The number of para-hydroxylation sites is 1. The fraction of sp³-hybridized carbons (Fsp3) is 0.154. The lowest BCUT2D eigenvalue weighted by atomic mass is 10.1. The lowest BCUT2D eigenvalue weighted by molar-refractivity contribution is -0.384. The number of nitrogens with one attached hydrogen (secondary N) is 1. The number of aryl methyl sites for hydroxylation is 1. The minimum atomic E-state index is -0.506. The van der Waals surface area contributed by atoms with Gasteiger partial charge in [-0.3, -0.25) is 14.9 Å². The lowest BCUT2D eigenvalue weighted by Crippen LogP contribution is -2.14. The summed E-state index contributed by atoms with van der Waals surface area (Å²) >= 11 is 2.07. The average Bonchev–Trinajstić information content (AvgIpc) is 2.86. The molecular formula is C26H22IN3O5. The van der Waals surface area contributed by atoms with Crippen LogP contribution in [0.2, 0.25) is 0 Å². The van der Waals surface area contributed by atoms with E-state index < -0.39 is 10.8 Å². The number of amides is 1. The van der Waals surface area contributed by atoms with Crippen molar-refractivity contribution in [3.8, 4) is 17.6 Å². The number of hydrogen-bond acceptors (Lipinski definition) is 6. The Morgan fingerprint density at radius 2 is 1.97 bits per heavy atom. The molecule has 0 aromatic heterocycles. The Labute approximate surface area is 216 Å². The molecule has 0 aliphatic carbocycles. The van der Waals surface area contributed by atoms with Crippen molar-refractivity contribution in [2.75, 3.05) is 12.4 Å². The van der Waals surface area contributed by atoms with E-state index in [4.69, 9.17) is 9.47 Å². The average molecular weight is 583 g/mol. The van der Waals surface area contributed by atoms with E-state index in [1.165, 1.54) is 25.3 Å². The number of benzene rings is 3. The van der Waals surface area contributed by atoms with Crippen LogP contribution in [0.3, 0.4) is 0 Å². The molecule has 3 aromatic rings. The first kappa shape index (κ1) is 25.7. The van der Waals surface area contributed by atoms with Gasteiger partial charge < -0.3 is 14.8 Å². The van der Waals surface area contributed by atoms with Gasteiger partial charge in [0.15, 0.2) is 11.5 Å². The molecule has 3 rings (SSSR count). The van der Waals surface area contributed by atoms with Gasteiger partial charge >= 0.3 is 0 Å². The van der Waals surface area contributed by atoms with Crippen LogP contribution in [-0.2, 0) is 17.8 Å². The van der Waals surface area contributed by atoms with Gasteiger partial charge in [0, 0.05) is 17.8 Å². The molecule has 0 fully saturated rings. The second kappa shape index (κ2) is 12.0. The number of nitro benzene ring substituents is 1. The molecule has 8 nitrogen and oxygen atoms in total. The fourth-order valence-electron chi connectivity index (χ4n) is 3.33. The van der Waals surface area contributed by atoms with Crippen LogP contribution in [0, 0.1) is 25.0 Å². The Kier molecular flexibility index (Phi) is 8.80. The molecule has 35 heavy (non-hydrogen) atoms. The van der Waals surface area contributed by atoms with Gasteiger partial charge in [0.2, 0.25) is 0 Å². The number of nitrogens with zero attached hydrogens (tertiary/aromatic N) is 2. The number of non-ortho nitro benzene ring substituents is 1. The summed E-state index contributed by atoms with van der Waals surface area (Å²) in [5.41, 5.74) is 2.79. The highest BCUT2D eigenvalue weighted by molar-refractivity contribution is 14.1. The molecule has 9 heteroatoms. The number of nitro groups is 1. The fourth-order valence-corrected chi connectivity index (χ4v) is 4.12. The van der Waals surface area contributed by atoms with Crippen LogP contribution in [0.1, 0.15) is 23.6 Å². The molecule has 178 valence electrons. The molecule has 0 unspecified atom stereocenters. The first-order valence-electron chi connectivity index (χ1n) is 10.6. The monoisotopic (exact) mass is 583 g/mol. The molecule has 1 N–H and O–H groups in total. The van der Waals surface area contributed by atoms with Gasteiger partial charge in [-0.2, -0.15) is 5.26 Å². The largest absolute Gasteiger partial charge is 0.493 e. The van der Waals surface area contributed by atoms with Gasteiger partial charge in [-0.25, -0.2) is 0 Å². The Hall–Kier alpha value is -3.91. The standard InChI is InChI=1S/C26H22IN3O5/c1-3-19-8-4-5-10-23(19)29-26(31)20(15-28)11-18-13-22(27)25(24(14-18)34-2)35-16-17-7-6-9-21(12-17)30(32)33/h4-14H,3,16H2,1-2H3,(H,29,31)/b20-11+. The zero-order valence-corrected chi connectivity index (χ0v) is 21.2. The zero-order chi connectivity index (χ0) is 25.4. The predicted octanol–water partition coefficient (Wildman–Crippen LogP) is 5.90. The minimum absolute atomic E-state index is 0.0166. The minimum Gasteiger partial charge on any atom is -0.493 e. The highest BCUT2D eigenvalue weighted by atomic mass is 127. The Bertz CT molecular complexity index is 1330. The molecule has 3 aromatic carbocycles. The van der Waals surface area contributed by atoms with Gasteiger partial charge in [0.25, 0.3) is 11.6 Å². The zero-order valence-electron chi connectivity index (χ0n) is 19.1. The summed E-state index contributed by atoms with van der Waals surface area (Å²) < 4.78 is 12.1. The van der Waals surface area contributed by atoms with Gasteiger partial charge in [-0.05, 0) is 70.0 Å². The van der Waals surface area contributed by atoms with E-state index in [2.05, 4.69) is 27.9 Å². The summed E-state index contributed by atoms with van der Waals surface area (Å²) in [6.07, 6.45) is 2.23. The van der Waals surface area contributed by atoms with Crippen LogP contribution in [0.15, 0.2) is 66.2 Å². The quantitative estimate of drug-likeness (QED) is 0.110. The Morgan fingerprint density at radius 3 is 2.66 bits per heavy atom. The smallest absolute Gasteiger partial charge is 0.269 e. The van der Waals surface area contributed by atoms with Crippen molar-refractivity contribution in [1.29, 1.82) is 5.26 Å². The Morgan fingerprint density at radius 1 is 1.20 bits per heavy atom. The number of rotatable bonds is 9. The van der Waals surface area contributed by atoms with Crippen LogP contribution >= 0.6 is 22.6 Å². The van der Waals surface area contributed by atoms with Crippen LogP contribution in [0.5, 0.6) is 11.5 Å². The van der Waals surface area contributed by atoms with Crippen molar-refractivity contribution >= 4 is 45.9 Å². The lowest BCUT2D eigenvalue weighted by Gasteiger charge is -2.14. The summed E-state index contributed by atoms with van der Waals surface area (Å²) in [5, 5.41) is 23.4. The molecule has 0 radical (unpaired) electrons. The van der Waals surface area contributed by atoms with E-state index >= 15 is 0 Å². The molecule has 0 aliphatic heterocycles. The highest BCUT2D eigenvalue weighted by Gasteiger charge is 2.15. The van der Waals surface area contributed by atoms with Crippen LogP contribution < -0.4 is 14.8 Å². The van der Waals surface area contributed by atoms with Crippen LogP contribution in [-0.4, -0.2) is 17.9 Å². The first-order chi connectivity index (χ1) is 16.9. The van der Waals surface area contributed by atoms with E-state index in [0.717, 1.165) is 12.0 Å². The number of carbonyl (C=O) groups excluding carboxylic acids is 1. The molecular weight excluding hydrogens is 561 g/mol. The van der Waals surface area contributed by atoms with E-state index in [0.29, 0.717) is 31.9 Å². The van der Waals surface area contributed by atoms with Crippen molar-refractivity contribution in [3.05, 3.63) is 96.6 Å². The number of nitriles is 1. The summed E-state index contributed by atoms with van der Waals surface area (Å²) in [6, 6.07) is 19.0. The number of anilines is 1. The molecule has 1 amide bonds. The topological polar surface area (TPSA) is 114 Å². The van der Waals surface area contributed by atoms with Crippen LogP contribution in [0.4, 0.5) is 11.4 Å². The second-order valence-electron chi connectivity index (χ2n) is 7.38. The molecule has 0 aliphatic rings. The van der Waals surface area contributed by atoms with Crippen molar-refractivity contribution in [2.24, 2.45) is 0 Å². The van der Waals surface area contributed by atoms with Gasteiger partial charge in [0.1, 0.15) is 18.2 Å². The van der Waals surface area contributed by atoms with Crippen LogP contribution in [0.25, 0.3) is 6.08 Å². The number of hydrogen-bond donors (Lipinski definition) is 1. The van der Waals surface area contributed by atoms with Gasteiger partial charge in [-0.15, -0.1) is 0 Å². The number of ether oxygens (including phenoxy) is 2. The van der Waals surface area contributed by atoms with E-state index in [-0.39, 0.29) is 17.9 Å². The van der Waals surface area contributed by atoms with E-state index in [1.54, 1.807) is 30.3 Å². The third-order valence-corrected chi connectivity index (χ3v) is 5.88. The highest BCUT2D eigenvalue weighted by Crippen LogP contribution is 2.35. The molecule has 0 atom stereocenters. The SMILES string of the molecule is CCc1ccccc1NC(=O)/C(C#N)=C/c1cc(I)c(OCc2cccc([N+](=O)[O-])c2)c(OC)c1. The first-order valence-corrected chi connectivity index (χ1v) is 11.7. The maximum atomic E-state index is 12.7. The summed E-state index contributed by atoms with van der Waals surface area (Å²) in [4.78, 5) is 23.3. The summed E-state index contributed by atoms with van der Waals surface area (Å²) in [5.74, 6) is 0.354. The van der Waals surface area contributed by atoms with Crippen molar-refractivity contribution < 1.29 is 19.2 Å². The molecule has 0 heterocycles. The molecule has 0 saturated heterocycles. The van der Waals surface area contributed by atoms with E-state index in [9.17, 15) is 20.2 Å². The maximum absolute atomic E-state index is 12.7. The van der Waals surface area contributed by atoms with E-state index in [1.807, 2.05) is 31.2 Å². The third kappa shape index (κ3) is 6.58. The third-order valence-electron chi connectivity index (χ3n) is 5.08. The van der Waals surface area contributed by atoms with Crippen molar-refractivity contribution in [3.63, 3.8) is 0 Å². The predicted molar refractivity (Wildman–Crippen MR) is 141 cm³/mol. The normalized spacial score (nSPS) is 10.9. The van der Waals surface area contributed by atoms with Gasteiger partial charge in [0.05, 0.1) is 15.6 Å². The molecule has 0 bridgehead atoms. The molecule has 0 saturated carbocycles. The van der Waals surface area contributed by atoms with Crippen molar-refractivity contribution in [2.45, 2.75) is 20.0 Å².